The summed E-state index contributed by atoms with van der Waals surface area (Å²) < 4.78 is 5.53. The maximum absolute atomic E-state index is 12.0. The SMILES string of the molecule is C.O=c1cc(-c2ccc(O)cc2)oc2cc(O)cc(O)c12.[B]. The van der Waals surface area contributed by atoms with Crippen molar-refractivity contribution in [1.29, 1.82) is 0 Å². The Hall–Kier alpha value is -2.89. The van der Waals surface area contributed by atoms with Gasteiger partial charge in [-0.15, -0.1) is 0 Å². The zero-order chi connectivity index (χ0) is 14.3. The molecule has 22 heavy (non-hydrogen) atoms. The molecule has 3 aromatic rings. The Morgan fingerprint density at radius 1 is 0.864 bits per heavy atom. The molecule has 0 saturated heterocycles. The number of fused-ring (bicyclic) bond motifs is 1. The maximum Gasteiger partial charge on any atom is 0.197 e. The van der Waals surface area contributed by atoms with Gasteiger partial charge >= 0.3 is 0 Å². The molecule has 0 aliphatic heterocycles. The Balaban J connectivity index is 0.00000121. The summed E-state index contributed by atoms with van der Waals surface area (Å²) >= 11 is 0. The second-order valence-corrected chi connectivity index (χ2v) is 4.36. The quantitative estimate of drug-likeness (QED) is 0.601. The van der Waals surface area contributed by atoms with Gasteiger partial charge in [0.1, 0.15) is 34.0 Å². The molecule has 0 bridgehead atoms. The molecule has 2 aromatic carbocycles. The molecule has 0 aliphatic carbocycles. The van der Waals surface area contributed by atoms with Crippen LogP contribution in [0.5, 0.6) is 17.2 Å². The molecule has 0 unspecified atom stereocenters. The topological polar surface area (TPSA) is 90.9 Å². The Morgan fingerprint density at radius 2 is 1.50 bits per heavy atom. The normalized spacial score (nSPS) is 9.82. The Bertz CT molecular complexity index is 853. The fourth-order valence-electron chi connectivity index (χ4n) is 2.02. The molecule has 0 fully saturated rings. The minimum atomic E-state index is -0.410. The fraction of sp³-hybridized carbons (Fsp3) is 0.0625. The molecule has 3 radical (unpaired) electrons. The lowest BCUT2D eigenvalue weighted by Gasteiger charge is -2.05. The van der Waals surface area contributed by atoms with Crippen molar-refractivity contribution in [2.45, 2.75) is 7.43 Å². The number of hydrogen-bond donors (Lipinski definition) is 3. The number of hydrogen-bond acceptors (Lipinski definition) is 5. The number of phenols is 3. The van der Waals surface area contributed by atoms with Crippen LogP contribution in [0, 0.1) is 0 Å². The van der Waals surface area contributed by atoms with Crippen LogP contribution in [0.4, 0.5) is 0 Å². The molecule has 5 nitrogen and oxygen atoms in total. The van der Waals surface area contributed by atoms with Crippen LogP contribution < -0.4 is 5.43 Å². The molecule has 111 valence electrons. The van der Waals surface area contributed by atoms with Gasteiger partial charge in [0.05, 0.1) is 0 Å². The highest BCUT2D eigenvalue weighted by atomic mass is 16.3. The van der Waals surface area contributed by atoms with Crippen molar-refractivity contribution < 1.29 is 19.7 Å². The molecule has 0 atom stereocenters. The third-order valence-corrected chi connectivity index (χ3v) is 2.95. The summed E-state index contributed by atoms with van der Waals surface area (Å²) in [5, 5.41) is 28.4. The highest BCUT2D eigenvalue weighted by Crippen LogP contribution is 2.30. The average molecular weight is 297 g/mol. The molecule has 3 N–H and O–H groups in total. The molecule has 0 saturated carbocycles. The smallest absolute Gasteiger partial charge is 0.197 e. The van der Waals surface area contributed by atoms with Crippen LogP contribution in [0.3, 0.4) is 0 Å². The lowest BCUT2D eigenvalue weighted by atomic mass is 10.1. The molecule has 6 heteroatoms. The van der Waals surface area contributed by atoms with Crippen molar-refractivity contribution in [1.82, 2.24) is 0 Å². The molecular formula is C16H14BO5. The fourth-order valence-corrected chi connectivity index (χ4v) is 2.02. The summed E-state index contributed by atoms with van der Waals surface area (Å²) in [5.41, 5.74) is 0.287. The van der Waals surface area contributed by atoms with Crippen LogP contribution >= 0.6 is 0 Å². The minimum absolute atomic E-state index is 0. The summed E-state index contributed by atoms with van der Waals surface area (Å²) in [6.07, 6.45) is 0. The highest BCUT2D eigenvalue weighted by molar-refractivity contribution is 5.85. The van der Waals surface area contributed by atoms with Crippen LogP contribution in [0.2, 0.25) is 0 Å². The molecule has 0 spiro atoms. The third kappa shape index (κ3) is 2.91. The van der Waals surface area contributed by atoms with Gasteiger partial charge in [0, 0.05) is 32.2 Å². The van der Waals surface area contributed by atoms with Crippen LogP contribution in [0.1, 0.15) is 7.43 Å². The van der Waals surface area contributed by atoms with Crippen molar-refractivity contribution >= 4 is 19.4 Å². The summed E-state index contributed by atoms with van der Waals surface area (Å²) in [4.78, 5) is 12.0. The van der Waals surface area contributed by atoms with Crippen molar-refractivity contribution in [2.75, 3.05) is 0 Å². The van der Waals surface area contributed by atoms with Gasteiger partial charge in [-0.2, -0.15) is 0 Å². The van der Waals surface area contributed by atoms with Gasteiger partial charge < -0.3 is 19.7 Å². The Morgan fingerprint density at radius 3 is 2.14 bits per heavy atom. The number of rotatable bonds is 1. The second-order valence-electron chi connectivity index (χ2n) is 4.36. The van der Waals surface area contributed by atoms with Gasteiger partial charge in [0.2, 0.25) is 0 Å². The first kappa shape index (κ1) is 17.2. The first-order valence-electron chi connectivity index (χ1n) is 5.84. The van der Waals surface area contributed by atoms with Gasteiger partial charge in [-0.3, -0.25) is 4.79 Å². The van der Waals surface area contributed by atoms with Crippen molar-refractivity contribution in [2.24, 2.45) is 0 Å². The van der Waals surface area contributed by atoms with Crippen molar-refractivity contribution in [3.8, 4) is 28.6 Å². The second kappa shape index (κ2) is 6.26. The van der Waals surface area contributed by atoms with E-state index in [1.54, 1.807) is 12.1 Å². The van der Waals surface area contributed by atoms with E-state index in [4.69, 9.17) is 4.42 Å². The zero-order valence-electron chi connectivity index (χ0n) is 10.8. The van der Waals surface area contributed by atoms with Crippen LogP contribution in [0.15, 0.2) is 51.7 Å². The summed E-state index contributed by atoms with van der Waals surface area (Å²) in [5.74, 6) is -0.133. The molecule has 0 aliphatic rings. The van der Waals surface area contributed by atoms with Crippen LogP contribution in [-0.2, 0) is 0 Å². The van der Waals surface area contributed by atoms with Crippen LogP contribution in [0.25, 0.3) is 22.3 Å². The summed E-state index contributed by atoms with van der Waals surface area (Å²) in [7, 11) is 0. The van der Waals surface area contributed by atoms with E-state index >= 15 is 0 Å². The first-order chi connectivity index (χ1) is 9.54. The molecule has 1 heterocycles. The van der Waals surface area contributed by atoms with Gasteiger partial charge in [-0.05, 0) is 24.3 Å². The molecular weight excluding hydrogens is 283 g/mol. The lowest BCUT2D eigenvalue weighted by Crippen LogP contribution is -2.00. The minimum Gasteiger partial charge on any atom is -0.508 e. The van der Waals surface area contributed by atoms with E-state index in [-0.39, 0.29) is 49.8 Å². The van der Waals surface area contributed by atoms with E-state index < -0.39 is 5.43 Å². The van der Waals surface area contributed by atoms with Crippen molar-refractivity contribution in [3.63, 3.8) is 0 Å². The highest BCUT2D eigenvalue weighted by Gasteiger charge is 2.11. The molecule has 0 amide bonds. The lowest BCUT2D eigenvalue weighted by molar-refractivity contribution is 0.452. The Kier molecular flexibility index (Phi) is 4.88. The average Bonchev–Trinajstić information content (AvgIpc) is 2.38. The standard InChI is InChI=1S/C15H10O5.CH4.B/c16-9-3-1-8(2-4-9)13-7-12(19)15-11(18)5-10(17)6-14(15)20-13;;/h1-7,16-18H;1H4;. The maximum atomic E-state index is 12.0. The first-order valence-corrected chi connectivity index (χ1v) is 5.84. The van der Waals surface area contributed by atoms with Gasteiger partial charge in [0.25, 0.3) is 0 Å². The predicted molar refractivity (Wildman–Crippen MR) is 85.4 cm³/mol. The number of benzene rings is 2. The van der Waals surface area contributed by atoms with Gasteiger partial charge in [-0.1, -0.05) is 7.43 Å². The predicted octanol–water partition coefficient (Wildman–Crippen LogP) is 2.83. The van der Waals surface area contributed by atoms with Crippen LogP contribution in [-0.4, -0.2) is 23.7 Å². The molecule has 3 rings (SSSR count). The van der Waals surface area contributed by atoms with Crippen molar-refractivity contribution in [3.05, 3.63) is 52.7 Å². The van der Waals surface area contributed by atoms with Gasteiger partial charge in [0.15, 0.2) is 5.43 Å². The summed E-state index contributed by atoms with van der Waals surface area (Å²) in [6, 6.07) is 9.74. The van der Waals surface area contributed by atoms with E-state index in [1.165, 1.54) is 24.3 Å². The van der Waals surface area contributed by atoms with E-state index in [1.807, 2.05) is 0 Å². The van der Waals surface area contributed by atoms with E-state index in [0.29, 0.717) is 5.56 Å². The summed E-state index contributed by atoms with van der Waals surface area (Å²) in [6.45, 7) is 0. The molecule has 1 aromatic heterocycles. The monoisotopic (exact) mass is 297 g/mol. The zero-order valence-corrected chi connectivity index (χ0v) is 10.8. The Labute approximate surface area is 128 Å². The third-order valence-electron chi connectivity index (χ3n) is 2.95. The number of phenolic OH excluding ortho intramolecular Hbond substituents is 3. The van der Waals surface area contributed by atoms with E-state index in [9.17, 15) is 20.1 Å². The van der Waals surface area contributed by atoms with Gasteiger partial charge in [-0.25, -0.2) is 0 Å². The van der Waals surface area contributed by atoms with E-state index in [0.717, 1.165) is 6.07 Å². The largest absolute Gasteiger partial charge is 0.508 e. The number of aromatic hydroxyl groups is 3. The van der Waals surface area contributed by atoms with E-state index in [2.05, 4.69) is 0 Å².